The molecule has 0 unspecified atom stereocenters. The zero-order chi connectivity index (χ0) is 18.8. The first-order valence-corrected chi connectivity index (χ1v) is 8.47. The van der Waals surface area contributed by atoms with E-state index in [2.05, 4.69) is 20.7 Å². The van der Waals surface area contributed by atoms with Gasteiger partial charge in [0, 0.05) is 18.8 Å². The number of phenols is 1. The smallest absolute Gasteiger partial charge is 0.267 e. The second kappa shape index (κ2) is 6.85. The van der Waals surface area contributed by atoms with Crippen LogP contribution in [-0.4, -0.2) is 25.8 Å². The van der Waals surface area contributed by atoms with Crippen molar-refractivity contribution in [1.82, 2.24) is 14.8 Å². The number of carbonyl (C=O) groups is 1. The summed E-state index contributed by atoms with van der Waals surface area (Å²) >= 11 is 1.14. The Balaban J connectivity index is 1.79. The molecule has 0 aliphatic rings. The highest BCUT2D eigenvalue weighted by Crippen LogP contribution is 2.29. The summed E-state index contributed by atoms with van der Waals surface area (Å²) in [5, 5.41) is 29.3. The number of amides is 1. The predicted molar refractivity (Wildman–Crippen MR) is 98.9 cm³/mol. The second-order valence-electron chi connectivity index (χ2n) is 5.69. The number of aromatic hydroxyl groups is 1. The number of nitrogens with zero attached hydrogens (tertiary/aromatic N) is 4. The van der Waals surface area contributed by atoms with Crippen molar-refractivity contribution in [2.45, 2.75) is 13.8 Å². The highest BCUT2D eigenvalue weighted by atomic mass is 32.1. The van der Waals surface area contributed by atoms with E-state index in [1.165, 1.54) is 10.9 Å². The Morgan fingerprint density at radius 3 is 2.88 bits per heavy atom. The molecule has 3 N–H and O–H groups in total. The van der Waals surface area contributed by atoms with E-state index in [4.69, 9.17) is 5.26 Å². The summed E-state index contributed by atoms with van der Waals surface area (Å²) in [6, 6.07) is 5.37. The van der Waals surface area contributed by atoms with Crippen LogP contribution in [0.5, 0.6) is 5.75 Å². The number of rotatable bonds is 4. The van der Waals surface area contributed by atoms with Gasteiger partial charge in [-0.3, -0.25) is 9.48 Å². The molecule has 3 rings (SSSR count). The number of anilines is 3. The molecule has 26 heavy (non-hydrogen) atoms. The molecule has 8 nitrogen and oxygen atoms in total. The highest BCUT2D eigenvalue weighted by Gasteiger charge is 2.16. The van der Waals surface area contributed by atoms with Crippen LogP contribution in [0.15, 0.2) is 24.5 Å². The van der Waals surface area contributed by atoms with Gasteiger partial charge in [-0.05, 0) is 25.5 Å². The molecule has 0 atom stereocenters. The molecule has 0 radical (unpaired) electrons. The molecular weight excluding hydrogens is 352 g/mol. The van der Waals surface area contributed by atoms with Gasteiger partial charge in [-0.2, -0.15) is 10.4 Å². The van der Waals surface area contributed by atoms with E-state index >= 15 is 0 Å². The normalized spacial score (nSPS) is 10.4. The fourth-order valence-corrected chi connectivity index (χ4v) is 3.11. The third-order valence-electron chi connectivity index (χ3n) is 3.79. The fourth-order valence-electron chi connectivity index (χ4n) is 2.40. The third kappa shape index (κ3) is 3.36. The first-order chi connectivity index (χ1) is 12.4. The number of aryl methyl sites for hydroxylation is 2. The Morgan fingerprint density at radius 2 is 2.15 bits per heavy atom. The van der Waals surface area contributed by atoms with Crippen molar-refractivity contribution in [2.75, 3.05) is 10.6 Å². The van der Waals surface area contributed by atoms with Gasteiger partial charge in [0.15, 0.2) is 10.9 Å². The quantitative estimate of drug-likeness (QED) is 0.652. The highest BCUT2D eigenvalue weighted by molar-refractivity contribution is 7.17. The summed E-state index contributed by atoms with van der Waals surface area (Å²) < 4.78 is 1.52. The Kier molecular flexibility index (Phi) is 4.60. The van der Waals surface area contributed by atoms with E-state index in [0.717, 1.165) is 16.9 Å². The van der Waals surface area contributed by atoms with E-state index in [1.807, 2.05) is 13.0 Å². The molecule has 2 heterocycles. The average Bonchev–Trinajstić information content (AvgIpc) is 3.21. The van der Waals surface area contributed by atoms with Crippen molar-refractivity contribution in [3.8, 4) is 11.8 Å². The number of nitrogens with one attached hydrogen (secondary N) is 2. The molecule has 0 spiro atoms. The Labute approximate surface area is 153 Å². The van der Waals surface area contributed by atoms with Gasteiger partial charge in [0.1, 0.15) is 22.3 Å². The molecule has 1 aromatic carbocycles. The van der Waals surface area contributed by atoms with Gasteiger partial charge in [0.05, 0.1) is 11.9 Å². The van der Waals surface area contributed by atoms with Gasteiger partial charge in [-0.15, -0.1) is 0 Å². The van der Waals surface area contributed by atoms with Crippen molar-refractivity contribution >= 4 is 33.9 Å². The molecule has 9 heteroatoms. The summed E-state index contributed by atoms with van der Waals surface area (Å²) in [5.74, 6) is 0.182. The molecular formula is C17H16N6O2S. The SMILES string of the molecule is Cc1ccc(O)c(C)c1NC(=O)c1cnc(Nc2nn(C)cc2C#N)s1. The molecule has 3 aromatic rings. The minimum absolute atomic E-state index is 0.122. The fraction of sp³-hybridized carbons (Fsp3) is 0.176. The lowest BCUT2D eigenvalue weighted by atomic mass is 10.1. The van der Waals surface area contributed by atoms with Gasteiger partial charge >= 0.3 is 0 Å². The summed E-state index contributed by atoms with van der Waals surface area (Å²) in [6.45, 7) is 3.59. The number of hydrogen-bond donors (Lipinski definition) is 3. The summed E-state index contributed by atoms with van der Waals surface area (Å²) in [6.07, 6.45) is 3.04. The largest absolute Gasteiger partial charge is 0.508 e. The van der Waals surface area contributed by atoms with Gasteiger partial charge in [0.25, 0.3) is 5.91 Å². The topological polar surface area (TPSA) is 116 Å². The van der Waals surface area contributed by atoms with E-state index < -0.39 is 0 Å². The predicted octanol–water partition coefficient (Wildman–Crippen LogP) is 3.07. The lowest BCUT2D eigenvalue weighted by Gasteiger charge is -2.11. The minimum Gasteiger partial charge on any atom is -0.508 e. The van der Waals surface area contributed by atoms with Crippen molar-refractivity contribution in [3.63, 3.8) is 0 Å². The van der Waals surface area contributed by atoms with Gasteiger partial charge in [-0.25, -0.2) is 4.98 Å². The summed E-state index contributed by atoms with van der Waals surface area (Å²) in [7, 11) is 1.71. The number of benzene rings is 1. The van der Waals surface area contributed by atoms with Crippen molar-refractivity contribution < 1.29 is 9.90 Å². The van der Waals surface area contributed by atoms with Crippen LogP contribution >= 0.6 is 11.3 Å². The lowest BCUT2D eigenvalue weighted by Crippen LogP contribution is -2.12. The Bertz CT molecular complexity index is 1030. The maximum Gasteiger partial charge on any atom is 0.267 e. The molecule has 0 aliphatic heterocycles. The number of aromatic nitrogens is 3. The molecule has 0 saturated heterocycles. The molecule has 0 bridgehead atoms. The summed E-state index contributed by atoms with van der Waals surface area (Å²) in [5.41, 5.74) is 2.42. The van der Waals surface area contributed by atoms with Gasteiger partial charge < -0.3 is 15.7 Å². The van der Waals surface area contributed by atoms with E-state index in [1.54, 1.807) is 32.3 Å². The molecule has 2 aromatic heterocycles. The molecule has 0 aliphatic carbocycles. The van der Waals surface area contributed by atoms with Gasteiger partial charge in [0.2, 0.25) is 0 Å². The van der Waals surface area contributed by atoms with Crippen molar-refractivity contribution in [3.05, 3.63) is 46.1 Å². The minimum atomic E-state index is -0.325. The number of thiazole rings is 1. The van der Waals surface area contributed by atoms with Crippen LogP contribution in [0, 0.1) is 25.2 Å². The van der Waals surface area contributed by atoms with Crippen LogP contribution in [-0.2, 0) is 7.05 Å². The van der Waals surface area contributed by atoms with E-state index in [-0.39, 0.29) is 11.7 Å². The maximum atomic E-state index is 12.5. The van der Waals surface area contributed by atoms with Gasteiger partial charge in [-0.1, -0.05) is 17.4 Å². The van der Waals surface area contributed by atoms with E-state index in [0.29, 0.717) is 32.6 Å². The Morgan fingerprint density at radius 1 is 1.38 bits per heavy atom. The number of phenolic OH excluding ortho intramolecular Hbond substituents is 1. The lowest BCUT2D eigenvalue weighted by molar-refractivity contribution is 0.103. The Hall–Kier alpha value is -3.38. The van der Waals surface area contributed by atoms with Crippen LogP contribution in [0.3, 0.4) is 0 Å². The first kappa shape index (κ1) is 17.4. The first-order valence-electron chi connectivity index (χ1n) is 7.66. The van der Waals surface area contributed by atoms with E-state index in [9.17, 15) is 9.90 Å². The van der Waals surface area contributed by atoms with Crippen molar-refractivity contribution in [2.24, 2.45) is 7.05 Å². The number of hydrogen-bond acceptors (Lipinski definition) is 7. The third-order valence-corrected chi connectivity index (χ3v) is 4.70. The van der Waals surface area contributed by atoms with Crippen LogP contribution < -0.4 is 10.6 Å². The zero-order valence-corrected chi connectivity index (χ0v) is 15.2. The molecule has 132 valence electrons. The number of nitriles is 1. The average molecular weight is 368 g/mol. The molecule has 1 amide bonds. The standard InChI is InChI=1S/C17H16N6O2S/c1-9-4-5-12(24)10(2)14(9)20-16(25)13-7-19-17(26-13)21-15-11(6-18)8-23(3)22-15/h4-5,7-8,24H,1-3H3,(H,20,25)(H,19,21,22). The summed E-state index contributed by atoms with van der Waals surface area (Å²) in [4.78, 5) is 17.1. The van der Waals surface area contributed by atoms with Crippen LogP contribution in [0.1, 0.15) is 26.4 Å². The number of carbonyl (C=O) groups excluding carboxylic acids is 1. The monoisotopic (exact) mass is 368 g/mol. The molecule has 0 fully saturated rings. The zero-order valence-electron chi connectivity index (χ0n) is 14.4. The van der Waals surface area contributed by atoms with Crippen LogP contribution in [0.25, 0.3) is 0 Å². The molecule has 0 saturated carbocycles. The van der Waals surface area contributed by atoms with Crippen LogP contribution in [0.2, 0.25) is 0 Å². The second-order valence-corrected chi connectivity index (χ2v) is 6.72. The van der Waals surface area contributed by atoms with Crippen molar-refractivity contribution in [1.29, 1.82) is 5.26 Å². The maximum absolute atomic E-state index is 12.5. The van der Waals surface area contributed by atoms with Crippen LogP contribution in [0.4, 0.5) is 16.6 Å².